The van der Waals surface area contributed by atoms with Gasteiger partial charge in [0.2, 0.25) is 0 Å². The number of carboxylic acids is 1. The molecular weight excluding hydrogens is 528 g/mol. The van der Waals surface area contributed by atoms with Crippen LogP contribution in [0.1, 0.15) is 5.69 Å². The Kier molecular flexibility index (Phi) is 7.90. The van der Waals surface area contributed by atoms with Gasteiger partial charge >= 0.3 is 5.97 Å². The lowest BCUT2D eigenvalue weighted by molar-refractivity contribution is -0.297. The quantitative estimate of drug-likeness (QED) is 0.333. The van der Waals surface area contributed by atoms with Gasteiger partial charge in [0.05, 0.1) is 27.9 Å². The number of ether oxygens (including phenoxy) is 2. The van der Waals surface area contributed by atoms with Crippen LogP contribution in [0.3, 0.4) is 0 Å². The van der Waals surface area contributed by atoms with Crippen molar-refractivity contribution in [1.29, 1.82) is 0 Å². The standard InChI is InChI=1S/C24H23ClN2O9S/c1-37(33,34)16-6-3-12(4-7-16)17-8-14(25)10-27-18(17)13-2-5-15(26-9-13)11-35-24-21(30)19(28)20(29)22(36-24)23(31)32/h2-10,19-22,24,28-30H,11H2,1H3,(H,31,32)/t19-,20-,21+,22-,24+/m0/s1. The molecule has 0 unspecified atom stereocenters. The number of hydrogen-bond donors (Lipinski definition) is 4. The zero-order chi connectivity index (χ0) is 26.9. The number of carbonyl (C=O) groups is 1. The second-order valence-electron chi connectivity index (χ2n) is 8.43. The Morgan fingerprint density at radius 1 is 1.00 bits per heavy atom. The van der Waals surface area contributed by atoms with Crippen molar-refractivity contribution in [2.45, 2.75) is 42.2 Å². The Morgan fingerprint density at radius 3 is 2.27 bits per heavy atom. The number of benzene rings is 1. The fraction of sp³-hybridized carbons (Fsp3) is 0.292. The van der Waals surface area contributed by atoms with Crippen LogP contribution in [0, 0.1) is 0 Å². The molecule has 3 heterocycles. The van der Waals surface area contributed by atoms with E-state index in [1.807, 2.05) is 0 Å². The minimum Gasteiger partial charge on any atom is -0.479 e. The van der Waals surface area contributed by atoms with E-state index >= 15 is 0 Å². The Morgan fingerprint density at radius 2 is 1.68 bits per heavy atom. The van der Waals surface area contributed by atoms with E-state index in [-0.39, 0.29) is 11.5 Å². The Hall–Kier alpha value is -2.97. The first-order valence-corrected chi connectivity index (χ1v) is 13.2. The monoisotopic (exact) mass is 550 g/mol. The molecule has 37 heavy (non-hydrogen) atoms. The highest BCUT2D eigenvalue weighted by Crippen LogP contribution is 2.33. The number of halogens is 1. The topological polar surface area (TPSA) is 176 Å². The molecule has 1 saturated heterocycles. The van der Waals surface area contributed by atoms with E-state index in [2.05, 4.69) is 9.97 Å². The summed E-state index contributed by atoms with van der Waals surface area (Å²) >= 11 is 6.17. The predicted molar refractivity (Wildman–Crippen MR) is 130 cm³/mol. The van der Waals surface area contributed by atoms with Gasteiger partial charge in [-0.1, -0.05) is 23.7 Å². The second-order valence-corrected chi connectivity index (χ2v) is 10.9. The van der Waals surface area contributed by atoms with E-state index in [1.165, 1.54) is 24.5 Å². The molecule has 3 aromatic rings. The number of aliphatic hydroxyl groups excluding tert-OH is 3. The third-order valence-corrected chi connectivity index (χ3v) is 7.09. The van der Waals surface area contributed by atoms with E-state index in [0.29, 0.717) is 33.1 Å². The molecule has 0 saturated carbocycles. The molecule has 1 aliphatic rings. The third-order valence-electron chi connectivity index (χ3n) is 5.75. The highest BCUT2D eigenvalue weighted by molar-refractivity contribution is 7.90. The van der Waals surface area contributed by atoms with Crippen LogP contribution in [0.5, 0.6) is 0 Å². The van der Waals surface area contributed by atoms with Crippen LogP contribution in [0.4, 0.5) is 0 Å². The molecule has 13 heteroatoms. The Bertz CT molecular complexity index is 1380. The summed E-state index contributed by atoms with van der Waals surface area (Å²) in [5.41, 5.74) is 2.93. The molecule has 0 radical (unpaired) electrons. The van der Waals surface area contributed by atoms with Crippen molar-refractivity contribution in [3.63, 3.8) is 0 Å². The van der Waals surface area contributed by atoms with Crippen molar-refractivity contribution in [2.24, 2.45) is 0 Å². The molecule has 0 aliphatic carbocycles. The fourth-order valence-electron chi connectivity index (χ4n) is 3.78. The van der Waals surface area contributed by atoms with Gasteiger partial charge in [-0.3, -0.25) is 9.97 Å². The molecule has 5 atom stereocenters. The third kappa shape index (κ3) is 5.96. The lowest BCUT2D eigenvalue weighted by Gasteiger charge is -2.38. The zero-order valence-electron chi connectivity index (χ0n) is 19.3. The van der Waals surface area contributed by atoms with Crippen LogP contribution >= 0.6 is 11.6 Å². The fourth-order valence-corrected chi connectivity index (χ4v) is 4.57. The van der Waals surface area contributed by atoms with E-state index < -0.39 is 46.5 Å². The lowest BCUT2D eigenvalue weighted by atomic mass is 9.99. The summed E-state index contributed by atoms with van der Waals surface area (Å²) < 4.78 is 34.1. The SMILES string of the molecule is CS(=O)(=O)c1ccc(-c2cc(Cl)cnc2-c2ccc(CO[C@@H]3O[C@H](C(=O)O)[C@@H](O)[C@H](O)[C@H]3O)nc2)cc1. The number of hydrogen-bond acceptors (Lipinski definition) is 10. The molecule has 2 aromatic heterocycles. The molecule has 0 spiro atoms. The summed E-state index contributed by atoms with van der Waals surface area (Å²) in [6, 6.07) is 11.4. The van der Waals surface area contributed by atoms with Gasteiger partial charge in [-0.15, -0.1) is 0 Å². The van der Waals surface area contributed by atoms with Gasteiger partial charge in [0.15, 0.2) is 22.2 Å². The number of pyridine rings is 2. The summed E-state index contributed by atoms with van der Waals surface area (Å²) in [5.74, 6) is -1.51. The van der Waals surface area contributed by atoms with E-state index in [4.69, 9.17) is 26.2 Å². The molecule has 0 amide bonds. The number of nitrogens with zero attached hydrogens (tertiary/aromatic N) is 2. The minimum atomic E-state index is -3.35. The molecule has 4 rings (SSSR count). The van der Waals surface area contributed by atoms with Crippen LogP contribution in [-0.4, -0.2) is 81.7 Å². The first-order chi connectivity index (χ1) is 17.5. The molecule has 11 nitrogen and oxygen atoms in total. The van der Waals surface area contributed by atoms with E-state index in [1.54, 1.807) is 30.3 Å². The normalized spacial score (nSPS) is 24.1. The maximum absolute atomic E-state index is 11.8. The first kappa shape index (κ1) is 27.1. The second kappa shape index (κ2) is 10.8. The summed E-state index contributed by atoms with van der Waals surface area (Å²) in [7, 11) is -3.35. The van der Waals surface area contributed by atoms with Crippen molar-refractivity contribution in [1.82, 2.24) is 9.97 Å². The Labute approximate surface area is 216 Å². The number of carboxylic acid groups (broad SMARTS) is 1. The lowest BCUT2D eigenvalue weighted by Crippen LogP contribution is -2.60. The van der Waals surface area contributed by atoms with Crippen LogP contribution < -0.4 is 0 Å². The molecule has 4 N–H and O–H groups in total. The number of rotatable bonds is 7. The highest BCUT2D eigenvalue weighted by Gasteiger charge is 2.47. The maximum Gasteiger partial charge on any atom is 0.335 e. The van der Waals surface area contributed by atoms with Crippen molar-refractivity contribution in [3.05, 3.63) is 65.6 Å². The molecular formula is C24H23ClN2O9S. The molecule has 1 aromatic carbocycles. The summed E-state index contributed by atoms with van der Waals surface area (Å²) in [6.07, 6.45) is -4.38. The summed E-state index contributed by atoms with van der Waals surface area (Å²) in [6.45, 7) is -0.189. The molecule has 1 aliphatic heterocycles. The average molecular weight is 551 g/mol. The minimum absolute atomic E-state index is 0.183. The van der Waals surface area contributed by atoms with Crippen molar-refractivity contribution >= 4 is 27.4 Å². The van der Waals surface area contributed by atoms with Crippen molar-refractivity contribution in [3.8, 4) is 22.4 Å². The van der Waals surface area contributed by atoms with Gasteiger partial charge < -0.3 is 29.9 Å². The number of sulfone groups is 1. The van der Waals surface area contributed by atoms with Gasteiger partial charge in [-0.2, -0.15) is 0 Å². The molecule has 196 valence electrons. The predicted octanol–water partition coefficient (Wildman–Crippen LogP) is 1.28. The summed E-state index contributed by atoms with van der Waals surface area (Å²) in [5, 5.41) is 39.3. The largest absolute Gasteiger partial charge is 0.479 e. The molecule has 0 bridgehead atoms. The van der Waals surface area contributed by atoms with E-state index in [9.17, 15) is 28.5 Å². The smallest absolute Gasteiger partial charge is 0.335 e. The average Bonchev–Trinajstić information content (AvgIpc) is 2.86. The van der Waals surface area contributed by atoms with Crippen molar-refractivity contribution in [2.75, 3.05) is 6.26 Å². The number of aliphatic hydroxyl groups is 3. The first-order valence-electron chi connectivity index (χ1n) is 10.9. The van der Waals surface area contributed by atoms with Gasteiger partial charge in [0.25, 0.3) is 0 Å². The van der Waals surface area contributed by atoms with Crippen LogP contribution in [0.2, 0.25) is 5.02 Å². The van der Waals surface area contributed by atoms with Gasteiger partial charge in [-0.05, 0) is 35.9 Å². The van der Waals surface area contributed by atoms with Gasteiger partial charge in [0.1, 0.15) is 18.3 Å². The van der Waals surface area contributed by atoms with Crippen LogP contribution in [0.15, 0.2) is 59.8 Å². The van der Waals surface area contributed by atoms with Crippen molar-refractivity contribution < 1.29 is 43.1 Å². The number of aliphatic carboxylic acids is 1. The van der Waals surface area contributed by atoms with Gasteiger partial charge in [0, 0.05) is 29.8 Å². The van der Waals surface area contributed by atoms with E-state index in [0.717, 1.165) is 6.26 Å². The molecule has 1 fully saturated rings. The maximum atomic E-state index is 11.8. The van der Waals surface area contributed by atoms with Gasteiger partial charge in [-0.25, -0.2) is 13.2 Å². The van der Waals surface area contributed by atoms with Crippen LogP contribution in [0.25, 0.3) is 22.4 Å². The number of aromatic nitrogens is 2. The summed E-state index contributed by atoms with van der Waals surface area (Å²) in [4.78, 5) is 20.1. The van der Waals surface area contributed by atoms with Crippen LogP contribution in [-0.2, 0) is 30.7 Å². The Balaban J connectivity index is 1.52. The zero-order valence-corrected chi connectivity index (χ0v) is 20.9. The highest BCUT2D eigenvalue weighted by atomic mass is 35.5.